The number of methoxy groups -OCH3 is 1. The number of carbonyl (C=O) groups is 2. The first-order valence-electron chi connectivity index (χ1n) is 5.34. The molecule has 2 N–H and O–H groups in total. The third-order valence-electron chi connectivity index (χ3n) is 2.24. The first kappa shape index (κ1) is 14.4. The summed E-state index contributed by atoms with van der Waals surface area (Å²) in [5.41, 5.74) is 0.312. The molecule has 2 amide bonds. The van der Waals surface area contributed by atoms with E-state index in [0.717, 1.165) is 7.11 Å². The molecule has 1 atom stereocenters. The van der Waals surface area contributed by atoms with Crippen molar-refractivity contribution >= 4 is 23.4 Å². The lowest BCUT2D eigenvalue weighted by atomic mass is 10.2. The molecule has 0 aliphatic rings. The first-order valence-corrected chi connectivity index (χ1v) is 5.34. The minimum absolute atomic E-state index is 0.0921. The second-order valence-corrected chi connectivity index (χ2v) is 3.65. The Morgan fingerprint density at radius 3 is 2.68 bits per heavy atom. The molecule has 0 aromatic heterocycles. The summed E-state index contributed by atoms with van der Waals surface area (Å²) in [5.74, 6) is -0.599. The van der Waals surface area contributed by atoms with Crippen LogP contribution in [-0.4, -0.2) is 30.1 Å². The lowest BCUT2D eigenvalue weighted by molar-refractivity contribution is -0.384. The number of carbonyl (C=O) groups excluding carboxylic acids is 2. The average molecular weight is 267 g/mol. The molecule has 19 heavy (non-hydrogen) atoms. The first-order chi connectivity index (χ1) is 8.93. The van der Waals surface area contributed by atoms with Crippen molar-refractivity contribution in [1.29, 1.82) is 0 Å². The van der Waals surface area contributed by atoms with E-state index in [-0.39, 0.29) is 5.69 Å². The maximum Gasteiger partial charge on any atom is 0.413 e. The number of rotatable bonds is 4. The van der Waals surface area contributed by atoms with Gasteiger partial charge in [0.2, 0.25) is 0 Å². The monoisotopic (exact) mass is 267 g/mol. The standard InChI is InChI=1S/C11H13N3O5/c1-7(10(15)13-11(16)19-2)12-8-4-3-5-9(6-8)14(17)18/h3-7,12H,1-2H3,(H,13,15,16)/t7-/m1/s1. The summed E-state index contributed by atoms with van der Waals surface area (Å²) in [4.78, 5) is 32.4. The minimum atomic E-state index is -0.863. The van der Waals surface area contributed by atoms with Crippen molar-refractivity contribution in [3.63, 3.8) is 0 Å². The summed E-state index contributed by atoms with van der Waals surface area (Å²) >= 11 is 0. The second-order valence-electron chi connectivity index (χ2n) is 3.65. The van der Waals surface area contributed by atoms with E-state index in [2.05, 4.69) is 10.1 Å². The Hall–Kier alpha value is -2.64. The fourth-order valence-corrected chi connectivity index (χ4v) is 1.28. The molecule has 0 aliphatic heterocycles. The molecule has 8 heteroatoms. The van der Waals surface area contributed by atoms with Gasteiger partial charge in [-0.3, -0.25) is 20.2 Å². The van der Waals surface area contributed by atoms with Gasteiger partial charge < -0.3 is 10.1 Å². The van der Waals surface area contributed by atoms with Crippen LogP contribution in [0.3, 0.4) is 0 Å². The van der Waals surface area contributed by atoms with Gasteiger partial charge in [-0.15, -0.1) is 0 Å². The number of nitro benzene ring substituents is 1. The number of nitro groups is 1. The molecular formula is C11H13N3O5. The molecule has 1 rings (SSSR count). The van der Waals surface area contributed by atoms with Gasteiger partial charge in [0.15, 0.2) is 0 Å². The molecule has 0 unspecified atom stereocenters. The van der Waals surface area contributed by atoms with Gasteiger partial charge in [-0.2, -0.15) is 0 Å². The highest BCUT2D eigenvalue weighted by Crippen LogP contribution is 2.17. The zero-order valence-corrected chi connectivity index (χ0v) is 10.4. The largest absolute Gasteiger partial charge is 0.453 e. The maximum absolute atomic E-state index is 11.5. The van der Waals surface area contributed by atoms with Crippen LogP contribution < -0.4 is 10.6 Å². The predicted molar refractivity (Wildman–Crippen MR) is 66.7 cm³/mol. The lowest BCUT2D eigenvalue weighted by Crippen LogP contribution is -2.40. The van der Waals surface area contributed by atoms with Crippen molar-refractivity contribution in [3.05, 3.63) is 34.4 Å². The number of amides is 2. The number of ether oxygens (including phenoxy) is 1. The zero-order chi connectivity index (χ0) is 14.4. The Labute approximate surface area is 108 Å². The van der Waals surface area contributed by atoms with E-state index < -0.39 is 23.0 Å². The predicted octanol–water partition coefficient (Wildman–Crippen LogP) is 1.28. The van der Waals surface area contributed by atoms with Crippen molar-refractivity contribution in [2.45, 2.75) is 13.0 Å². The van der Waals surface area contributed by atoms with Crippen LogP contribution in [0.15, 0.2) is 24.3 Å². The molecule has 0 saturated heterocycles. The SMILES string of the molecule is COC(=O)NC(=O)[C@@H](C)Nc1cccc([N+](=O)[O-])c1. The Kier molecular flexibility index (Phi) is 4.81. The van der Waals surface area contributed by atoms with Crippen molar-refractivity contribution in [2.75, 3.05) is 12.4 Å². The van der Waals surface area contributed by atoms with E-state index >= 15 is 0 Å². The third-order valence-corrected chi connectivity index (χ3v) is 2.24. The van der Waals surface area contributed by atoms with Gasteiger partial charge in [0.05, 0.1) is 12.0 Å². The second kappa shape index (κ2) is 6.34. The summed E-state index contributed by atoms with van der Waals surface area (Å²) in [5, 5.41) is 15.3. The van der Waals surface area contributed by atoms with Crippen molar-refractivity contribution in [1.82, 2.24) is 5.32 Å². The maximum atomic E-state index is 11.5. The summed E-state index contributed by atoms with van der Waals surface area (Å²) in [6.45, 7) is 1.51. The molecule has 0 saturated carbocycles. The van der Waals surface area contributed by atoms with Crippen molar-refractivity contribution in [2.24, 2.45) is 0 Å². The van der Waals surface area contributed by atoms with Gasteiger partial charge >= 0.3 is 6.09 Å². The normalized spacial score (nSPS) is 11.3. The molecule has 0 spiro atoms. The Morgan fingerprint density at radius 2 is 2.11 bits per heavy atom. The Balaban J connectivity index is 2.68. The number of imide groups is 1. The minimum Gasteiger partial charge on any atom is -0.453 e. The highest BCUT2D eigenvalue weighted by Gasteiger charge is 2.16. The summed E-state index contributed by atoms with van der Waals surface area (Å²) in [6, 6.07) is 4.95. The zero-order valence-electron chi connectivity index (χ0n) is 10.4. The van der Waals surface area contributed by atoms with Crippen LogP contribution >= 0.6 is 0 Å². The number of hydrogen-bond donors (Lipinski definition) is 2. The summed E-state index contributed by atoms with van der Waals surface area (Å²) < 4.78 is 4.28. The van der Waals surface area contributed by atoms with E-state index in [1.54, 1.807) is 6.07 Å². The number of benzene rings is 1. The van der Waals surface area contributed by atoms with Gasteiger partial charge in [0.25, 0.3) is 11.6 Å². The molecule has 0 aliphatic carbocycles. The summed E-state index contributed by atoms with van der Waals surface area (Å²) in [6.07, 6.45) is -0.863. The van der Waals surface area contributed by atoms with Crippen molar-refractivity contribution < 1.29 is 19.2 Å². The number of alkyl carbamates (subject to hydrolysis) is 1. The van der Waals surface area contributed by atoms with Gasteiger partial charge in [-0.25, -0.2) is 4.79 Å². The van der Waals surface area contributed by atoms with Crippen LogP contribution in [0.1, 0.15) is 6.92 Å². The molecule has 102 valence electrons. The van der Waals surface area contributed by atoms with Crippen LogP contribution in [-0.2, 0) is 9.53 Å². The van der Waals surface area contributed by atoms with Gasteiger partial charge in [0, 0.05) is 17.8 Å². The highest BCUT2D eigenvalue weighted by atomic mass is 16.6. The third kappa shape index (κ3) is 4.26. The number of non-ortho nitro benzene ring substituents is 1. The number of nitrogens with zero attached hydrogens (tertiary/aromatic N) is 1. The molecule has 0 bridgehead atoms. The molecule has 0 fully saturated rings. The van der Waals surface area contributed by atoms with Gasteiger partial charge in [-0.05, 0) is 13.0 Å². The van der Waals surface area contributed by atoms with Crippen LogP contribution in [0.4, 0.5) is 16.2 Å². The molecule has 1 aromatic carbocycles. The van der Waals surface area contributed by atoms with E-state index in [9.17, 15) is 19.7 Å². The molecule has 0 radical (unpaired) electrons. The number of anilines is 1. The van der Waals surface area contributed by atoms with E-state index in [1.165, 1.54) is 25.1 Å². The van der Waals surface area contributed by atoms with Crippen molar-refractivity contribution in [3.8, 4) is 0 Å². The molecule has 1 aromatic rings. The quantitative estimate of drug-likeness (QED) is 0.628. The summed E-state index contributed by atoms with van der Waals surface area (Å²) in [7, 11) is 1.14. The fourth-order valence-electron chi connectivity index (χ4n) is 1.28. The van der Waals surface area contributed by atoms with Crippen LogP contribution in [0.2, 0.25) is 0 Å². The smallest absolute Gasteiger partial charge is 0.413 e. The van der Waals surface area contributed by atoms with E-state index in [4.69, 9.17) is 0 Å². The van der Waals surface area contributed by atoms with Crippen LogP contribution in [0.25, 0.3) is 0 Å². The Morgan fingerprint density at radius 1 is 1.42 bits per heavy atom. The Bertz CT molecular complexity index is 503. The molecular weight excluding hydrogens is 254 g/mol. The van der Waals surface area contributed by atoms with Gasteiger partial charge in [-0.1, -0.05) is 6.07 Å². The molecule has 0 heterocycles. The lowest BCUT2D eigenvalue weighted by Gasteiger charge is -2.13. The number of hydrogen-bond acceptors (Lipinski definition) is 6. The average Bonchev–Trinajstić information content (AvgIpc) is 2.38. The van der Waals surface area contributed by atoms with E-state index in [1.807, 2.05) is 5.32 Å². The van der Waals surface area contributed by atoms with Crippen LogP contribution in [0, 0.1) is 10.1 Å². The number of nitrogens with one attached hydrogen (secondary N) is 2. The highest BCUT2D eigenvalue weighted by molar-refractivity contribution is 5.95. The van der Waals surface area contributed by atoms with Gasteiger partial charge in [0.1, 0.15) is 6.04 Å². The van der Waals surface area contributed by atoms with E-state index in [0.29, 0.717) is 5.69 Å². The van der Waals surface area contributed by atoms with Crippen LogP contribution in [0.5, 0.6) is 0 Å². The molecule has 8 nitrogen and oxygen atoms in total. The fraction of sp³-hybridized carbons (Fsp3) is 0.273. The topological polar surface area (TPSA) is 111 Å².